The van der Waals surface area contributed by atoms with Gasteiger partial charge in [0.15, 0.2) is 5.82 Å². The van der Waals surface area contributed by atoms with Crippen LogP contribution in [0, 0.1) is 5.82 Å². The van der Waals surface area contributed by atoms with E-state index in [1.165, 1.54) is 23.5 Å². The lowest BCUT2D eigenvalue weighted by Crippen LogP contribution is -2.54. The number of rotatable bonds is 4. The number of halogens is 2. The molecular formula is C24H19BrFN5O5S. The topological polar surface area (TPSA) is 138 Å². The number of nitrogens with one attached hydrogen (secondary N) is 3. The summed E-state index contributed by atoms with van der Waals surface area (Å²) in [4.78, 5) is 67.5. The van der Waals surface area contributed by atoms with Gasteiger partial charge >= 0.3 is 6.03 Å². The van der Waals surface area contributed by atoms with Crippen molar-refractivity contribution in [2.24, 2.45) is 0 Å². The maximum absolute atomic E-state index is 15.4. The van der Waals surface area contributed by atoms with Gasteiger partial charge in [0.05, 0.1) is 32.6 Å². The fourth-order valence-electron chi connectivity index (χ4n) is 4.29. The Morgan fingerprint density at radius 3 is 2.65 bits per heavy atom. The predicted octanol–water partition coefficient (Wildman–Crippen LogP) is 3.66. The van der Waals surface area contributed by atoms with Gasteiger partial charge in [0, 0.05) is 10.9 Å². The van der Waals surface area contributed by atoms with E-state index < -0.39 is 52.6 Å². The van der Waals surface area contributed by atoms with Gasteiger partial charge in [-0.15, -0.1) is 11.3 Å². The molecule has 3 heterocycles. The SMILES string of the molecule is CC(C)(NC(=O)Nc1ccc2c(c1F)C(=O)N(C1CCC(=O)NC1=O)C2=O)c1nc2c(Br)cccc2s1. The second kappa shape index (κ2) is 8.99. The lowest BCUT2D eigenvalue weighted by molar-refractivity contribution is -0.136. The number of urea groups is 1. The van der Waals surface area contributed by atoms with E-state index in [0.717, 1.165) is 14.7 Å². The third-order valence-electron chi connectivity index (χ3n) is 6.12. The van der Waals surface area contributed by atoms with Gasteiger partial charge in [-0.25, -0.2) is 14.2 Å². The van der Waals surface area contributed by atoms with Crippen LogP contribution in [0.2, 0.25) is 0 Å². The molecule has 2 aliphatic rings. The van der Waals surface area contributed by atoms with Crippen LogP contribution < -0.4 is 16.0 Å². The zero-order valence-corrected chi connectivity index (χ0v) is 21.9. The summed E-state index contributed by atoms with van der Waals surface area (Å²) in [5, 5.41) is 7.86. The van der Waals surface area contributed by atoms with E-state index in [2.05, 4.69) is 36.9 Å². The number of piperidine rings is 1. The third kappa shape index (κ3) is 4.27. The molecule has 1 saturated heterocycles. The molecule has 10 nitrogen and oxygen atoms in total. The van der Waals surface area contributed by atoms with Crippen molar-refractivity contribution in [3.63, 3.8) is 0 Å². The maximum Gasteiger partial charge on any atom is 0.320 e. The number of carbonyl (C=O) groups excluding carboxylic acids is 5. The van der Waals surface area contributed by atoms with Gasteiger partial charge in [-0.1, -0.05) is 6.07 Å². The molecule has 37 heavy (non-hydrogen) atoms. The smallest absolute Gasteiger partial charge is 0.320 e. The van der Waals surface area contributed by atoms with E-state index in [9.17, 15) is 24.0 Å². The number of imide groups is 2. The van der Waals surface area contributed by atoms with E-state index in [1.54, 1.807) is 13.8 Å². The van der Waals surface area contributed by atoms with Crippen molar-refractivity contribution in [1.29, 1.82) is 0 Å². The molecule has 5 rings (SSSR count). The van der Waals surface area contributed by atoms with Crippen LogP contribution >= 0.6 is 27.3 Å². The minimum absolute atomic E-state index is 0.0529. The molecule has 3 aromatic rings. The zero-order chi connectivity index (χ0) is 26.6. The summed E-state index contributed by atoms with van der Waals surface area (Å²) >= 11 is 4.86. The van der Waals surface area contributed by atoms with Gasteiger partial charge in [-0.2, -0.15) is 0 Å². The van der Waals surface area contributed by atoms with E-state index in [1.807, 2.05) is 18.2 Å². The predicted molar refractivity (Wildman–Crippen MR) is 136 cm³/mol. The standard InChI is InChI=1S/C24H19BrFN5O5S/c1-24(2,22-29-18-11(25)4-3-5-14(18)37-22)30-23(36)27-12-7-6-10-16(17(12)26)21(35)31(20(10)34)13-8-9-15(32)28-19(13)33/h3-7,13H,8-9H2,1-2H3,(H2,27,30,36)(H,28,32,33). The van der Waals surface area contributed by atoms with Crippen molar-refractivity contribution in [3.8, 4) is 0 Å². The van der Waals surface area contributed by atoms with Crippen LogP contribution in [-0.4, -0.2) is 45.6 Å². The summed E-state index contributed by atoms with van der Waals surface area (Å²) < 4.78 is 17.1. The van der Waals surface area contributed by atoms with Crippen LogP contribution in [0.1, 0.15) is 52.4 Å². The quantitative estimate of drug-likeness (QED) is 0.398. The molecule has 1 atom stereocenters. The van der Waals surface area contributed by atoms with Crippen LogP contribution in [-0.2, 0) is 15.1 Å². The summed E-state index contributed by atoms with van der Waals surface area (Å²) in [6, 6.07) is 6.08. The third-order valence-corrected chi connectivity index (χ3v) is 8.11. The average molecular weight is 588 g/mol. The molecule has 0 spiro atoms. The molecule has 1 aromatic heterocycles. The number of carbonyl (C=O) groups is 5. The van der Waals surface area contributed by atoms with Gasteiger partial charge < -0.3 is 10.6 Å². The summed E-state index contributed by atoms with van der Waals surface area (Å²) in [5.74, 6) is -4.25. The van der Waals surface area contributed by atoms with Gasteiger partial charge in [0.25, 0.3) is 11.8 Å². The second-order valence-corrected chi connectivity index (χ2v) is 11.0. The number of amides is 6. The summed E-state index contributed by atoms with van der Waals surface area (Å²) in [6.45, 7) is 3.49. The fraction of sp³-hybridized carbons (Fsp3) is 0.250. The Kier molecular flexibility index (Phi) is 6.07. The van der Waals surface area contributed by atoms with Crippen LogP contribution in [0.15, 0.2) is 34.8 Å². The monoisotopic (exact) mass is 587 g/mol. The largest absolute Gasteiger partial charge is 0.326 e. The average Bonchev–Trinajstić information content (AvgIpc) is 3.37. The minimum atomic E-state index is -1.22. The molecule has 2 aromatic carbocycles. The minimum Gasteiger partial charge on any atom is -0.326 e. The van der Waals surface area contributed by atoms with Gasteiger partial charge in [-0.3, -0.25) is 29.4 Å². The lowest BCUT2D eigenvalue weighted by Gasteiger charge is -2.27. The van der Waals surface area contributed by atoms with Crippen molar-refractivity contribution in [3.05, 3.63) is 56.8 Å². The molecule has 1 unspecified atom stereocenters. The van der Waals surface area contributed by atoms with Crippen molar-refractivity contribution in [2.75, 3.05) is 5.32 Å². The van der Waals surface area contributed by atoms with Crippen molar-refractivity contribution < 1.29 is 28.4 Å². The fourth-order valence-corrected chi connectivity index (χ4v) is 5.92. The molecular weight excluding hydrogens is 569 g/mol. The van der Waals surface area contributed by atoms with Crippen LogP contribution in [0.25, 0.3) is 10.2 Å². The van der Waals surface area contributed by atoms with Crippen molar-refractivity contribution in [1.82, 2.24) is 20.5 Å². The van der Waals surface area contributed by atoms with Gasteiger partial charge in [-0.05, 0) is 60.5 Å². The summed E-state index contributed by atoms with van der Waals surface area (Å²) in [6.07, 6.45) is -0.108. The molecule has 190 valence electrons. The van der Waals surface area contributed by atoms with Crippen LogP contribution in [0.3, 0.4) is 0 Å². The molecule has 0 saturated carbocycles. The number of fused-ring (bicyclic) bond motifs is 2. The molecule has 0 bridgehead atoms. The highest BCUT2D eigenvalue weighted by atomic mass is 79.9. The van der Waals surface area contributed by atoms with E-state index >= 15 is 4.39 Å². The van der Waals surface area contributed by atoms with E-state index in [4.69, 9.17) is 0 Å². The highest BCUT2D eigenvalue weighted by molar-refractivity contribution is 9.10. The Bertz CT molecular complexity index is 1540. The number of anilines is 1. The number of thiazole rings is 1. The Morgan fingerprint density at radius 2 is 1.95 bits per heavy atom. The first kappa shape index (κ1) is 25.0. The van der Waals surface area contributed by atoms with Crippen LogP contribution in [0.5, 0.6) is 0 Å². The van der Waals surface area contributed by atoms with Crippen LogP contribution in [0.4, 0.5) is 14.9 Å². The summed E-state index contributed by atoms with van der Waals surface area (Å²) in [7, 11) is 0. The number of aromatic nitrogens is 1. The molecule has 6 amide bonds. The molecule has 0 aliphatic carbocycles. The zero-order valence-electron chi connectivity index (χ0n) is 19.5. The van der Waals surface area contributed by atoms with Gasteiger partial charge in [0.1, 0.15) is 11.0 Å². The number of hydrogen-bond donors (Lipinski definition) is 3. The molecule has 1 fully saturated rings. The second-order valence-electron chi connectivity index (χ2n) is 9.11. The maximum atomic E-state index is 15.4. The molecule has 3 N–H and O–H groups in total. The first-order chi connectivity index (χ1) is 17.5. The summed E-state index contributed by atoms with van der Waals surface area (Å²) in [5.41, 5.74) is -1.24. The number of benzene rings is 2. The van der Waals surface area contributed by atoms with E-state index in [0.29, 0.717) is 9.91 Å². The Morgan fingerprint density at radius 1 is 1.19 bits per heavy atom. The molecule has 0 radical (unpaired) electrons. The molecule has 2 aliphatic heterocycles. The van der Waals surface area contributed by atoms with Gasteiger partial charge in [0.2, 0.25) is 11.8 Å². The van der Waals surface area contributed by atoms with Crippen molar-refractivity contribution >= 4 is 72.8 Å². The first-order valence-electron chi connectivity index (χ1n) is 11.2. The number of nitrogens with zero attached hydrogens (tertiary/aromatic N) is 2. The Labute approximate surface area is 221 Å². The molecule has 13 heteroatoms. The highest BCUT2D eigenvalue weighted by Crippen LogP contribution is 2.35. The lowest BCUT2D eigenvalue weighted by atomic mass is 10.0. The first-order valence-corrected chi connectivity index (χ1v) is 12.8. The number of para-hydroxylation sites is 1. The van der Waals surface area contributed by atoms with Crippen molar-refractivity contribution in [2.45, 2.75) is 38.3 Å². The van der Waals surface area contributed by atoms with E-state index in [-0.39, 0.29) is 24.1 Å². The Balaban J connectivity index is 1.36. The highest BCUT2D eigenvalue weighted by Gasteiger charge is 2.46. The Hall–Kier alpha value is -3.71. The normalized spacial score (nSPS) is 17.7. The number of hydrogen-bond acceptors (Lipinski definition) is 7.